The Labute approximate surface area is 135 Å². The van der Waals surface area contributed by atoms with Crippen molar-refractivity contribution in [3.05, 3.63) is 66.2 Å². The molecule has 0 spiro atoms. The molecule has 2 aromatic rings. The minimum absolute atomic E-state index is 0.485. The van der Waals surface area contributed by atoms with Crippen LogP contribution in [0.4, 0.5) is 5.69 Å². The predicted molar refractivity (Wildman–Crippen MR) is 85.3 cm³/mol. The van der Waals surface area contributed by atoms with E-state index in [0.717, 1.165) is 11.3 Å². The quantitative estimate of drug-likeness (QED) is 0.883. The van der Waals surface area contributed by atoms with E-state index in [1.54, 1.807) is 5.06 Å². The Kier molecular flexibility index (Phi) is 4.07. The van der Waals surface area contributed by atoms with E-state index in [2.05, 4.69) is 0 Å². The van der Waals surface area contributed by atoms with Crippen molar-refractivity contribution >= 4 is 11.7 Å². The topological polar surface area (TPSA) is 59.0 Å². The number of nitrogens with zero attached hydrogens (tertiary/aromatic N) is 1. The summed E-state index contributed by atoms with van der Waals surface area (Å²) in [7, 11) is 1.31. The van der Waals surface area contributed by atoms with Crippen LogP contribution >= 0.6 is 0 Å². The van der Waals surface area contributed by atoms with Gasteiger partial charge in [-0.05, 0) is 24.6 Å². The first kappa shape index (κ1) is 15.5. The van der Waals surface area contributed by atoms with Crippen LogP contribution in [-0.2, 0) is 14.4 Å². The lowest BCUT2D eigenvalue weighted by atomic mass is 9.88. The molecular weight excluding hydrogens is 294 g/mol. The summed E-state index contributed by atoms with van der Waals surface area (Å²) < 4.78 is 4.90. The van der Waals surface area contributed by atoms with Gasteiger partial charge in [0, 0.05) is 0 Å². The van der Waals surface area contributed by atoms with Crippen molar-refractivity contribution in [2.24, 2.45) is 5.92 Å². The van der Waals surface area contributed by atoms with Gasteiger partial charge in [0.1, 0.15) is 12.0 Å². The molecule has 1 N–H and O–H groups in total. The third-order valence-corrected chi connectivity index (χ3v) is 4.04. The van der Waals surface area contributed by atoms with Crippen LogP contribution in [0.1, 0.15) is 18.5 Å². The lowest BCUT2D eigenvalue weighted by Crippen LogP contribution is -2.38. The van der Waals surface area contributed by atoms with Crippen molar-refractivity contribution in [3.8, 4) is 0 Å². The van der Waals surface area contributed by atoms with Gasteiger partial charge >= 0.3 is 5.97 Å². The average molecular weight is 313 g/mol. The molecule has 0 saturated carbocycles. The van der Waals surface area contributed by atoms with E-state index in [-0.39, 0.29) is 0 Å². The molecule has 5 heteroatoms. The van der Waals surface area contributed by atoms with Crippen LogP contribution in [0.3, 0.4) is 0 Å². The van der Waals surface area contributed by atoms with Crippen LogP contribution in [0.25, 0.3) is 0 Å². The number of methoxy groups -OCH3 is 1. The smallest absolute Gasteiger partial charge is 0.316 e. The Bertz CT molecular complexity index is 672. The number of ether oxygens (including phenoxy) is 1. The lowest BCUT2D eigenvalue weighted by Gasteiger charge is -2.26. The van der Waals surface area contributed by atoms with E-state index < -0.39 is 23.7 Å². The number of carbonyl (C=O) groups is 1. The molecule has 1 fully saturated rings. The molecule has 0 bridgehead atoms. The number of carbonyl (C=O) groups excluding carboxylic acids is 1. The number of aliphatic hydroxyl groups is 1. The summed E-state index contributed by atoms with van der Waals surface area (Å²) in [6.07, 6.45) is 0. The maximum absolute atomic E-state index is 12.3. The summed E-state index contributed by atoms with van der Waals surface area (Å²) in [6, 6.07) is 18.4. The number of para-hydroxylation sites is 1. The summed E-state index contributed by atoms with van der Waals surface area (Å²) in [5.74, 6) is -3.04. The predicted octanol–water partition coefficient (Wildman–Crippen LogP) is 2.68. The van der Waals surface area contributed by atoms with Crippen molar-refractivity contribution in [1.82, 2.24) is 0 Å². The number of hydrogen-bond acceptors (Lipinski definition) is 5. The van der Waals surface area contributed by atoms with Gasteiger partial charge in [0.25, 0.3) is 0 Å². The highest BCUT2D eigenvalue weighted by Crippen LogP contribution is 2.46. The van der Waals surface area contributed by atoms with Crippen LogP contribution in [0, 0.1) is 5.92 Å². The molecule has 23 heavy (non-hydrogen) atoms. The zero-order valence-electron chi connectivity index (χ0n) is 13.0. The van der Waals surface area contributed by atoms with Crippen LogP contribution in [0.2, 0.25) is 0 Å². The van der Waals surface area contributed by atoms with E-state index in [1.807, 2.05) is 60.7 Å². The van der Waals surface area contributed by atoms with Crippen molar-refractivity contribution in [2.75, 3.05) is 12.2 Å². The maximum atomic E-state index is 12.3. The zero-order chi connectivity index (χ0) is 16.4. The van der Waals surface area contributed by atoms with E-state index in [4.69, 9.17) is 9.57 Å². The third kappa shape index (κ3) is 2.81. The molecule has 2 aromatic carbocycles. The van der Waals surface area contributed by atoms with Gasteiger partial charge in [-0.2, -0.15) is 0 Å². The number of hydroxylamine groups is 1. The van der Waals surface area contributed by atoms with Gasteiger partial charge in [-0.25, -0.2) is 9.90 Å². The van der Waals surface area contributed by atoms with Crippen LogP contribution in [-0.4, -0.2) is 24.0 Å². The molecule has 3 unspecified atom stereocenters. The number of esters is 1. The van der Waals surface area contributed by atoms with E-state index in [9.17, 15) is 9.90 Å². The lowest BCUT2D eigenvalue weighted by molar-refractivity contribution is -0.198. The molecule has 0 aliphatic carbocycles. The summed E-state index contributed by atoms with van der Waals surface area (Å²) in [6.45, 7) is 1.48. The molecule has 120 valence electrons. The highest BCUT2D eigenvalue weighted by molar-refractivity contribution is 5.76. The van der Waals surface area contributed by atoms with Gasteiger partial charge in [-0.3, -0.25) is 4.79 Å². The average Bonchev–Trinajstić information content (AvgIpc) is 2.87. The summed E-state index contributed by atoms with van der Waals surface area (Å²) in [5, 5.41) is 12.2. The molecule has 1 heterocycles. The van der Waals surface area contributed by atoms with E-state index in [0.29, 0.717) is 0 Å². The first-order valence-electron chi connectivity index (χ1n) is 7.43. The second-order valence-corrected chi connectivity index (χ2v) is 5.66. The Morgan fingerprint density at radius 2 is 1.70 bits per heavy atom. The minimum atomic E-state index is -1.66. The van der Waals surface area contributed by atoms with Gasteiger partial charge in [0.15, 0.2) is 0 Å². The molecule has 1 aliphatic heterocycles. The van der Waals surface area contributed by atoms with E-state index in [1.165, 1.54) is 14.0 Å². The molecule has 0 aromatic heterocycles. The van der Waals surface area contributed by atoms with Crippen LogP contribution < -0.4 is 5.06 Å². The monoisotopic (exact) mass is 313 g/mol. The van der Waals surface area contributed by atoms with Gasteiger partial charge in [0.2, 0.25) is 5.79 Å². The van der Waals surface area contributed by atoms with Crippen LogP contribution in [0.5, 0.6) is 0 Å². The number of hydrogen-bond donors (Lipinski definition) is 1. The largest absolute Gasteiger partial charge is 0.469 e. The maximum Gasteiger partial charge on any atom is 0.316 e. The minimum Gasteiger partial charge on any atom is -0.469 e. The standard InChI is InChI=1S/C18H19NO4/c1-18(21)15(17(20)22-2)16(13-9-5-3-6-10-13)19(23-18)14-11-7-4-8-12-14/h3-12,15-16,21H,1-2H3. The zero-order valence-corrected chi connectivity index (χ0v) is 13.0. The van der Waals surface area contributed by atoms with Crippen molar-refractivity contribution in [2.45, 2.75) is 18.8 Å². The molecular formula is C18H19NO4. The Morgan fingerprint density at radius 3 is 2.26 bits per heavy atom. The highest BCUT2D eigenvalue weighted by atomic mass is 16.8. The molecule has 3 atom stereocenters. The fourth-order valence-electron chi connectivity index (χ4n) is 2.98. The van der Waals surface area contributed by atoms with Crippen LogP contribution in [0.15, 0.2) is 60.7 Å². The van der Waals surface area contributed by atoms with Crippen molar-refractivity contribution in [3.63, 3.8) is 0 Å². The Hall–Kier alpha value is -2.37. The second-order valence-electron chi connectivity index (χ2n) is 5.66. The summed E-state index contributed by atoms with van der Waals surface area (Å²) >= 11 is 0. The normalized spacial score (nSPS) is 27.0. The number of anilines is 1. The summed E-state index contributed by atoms with van der Waals surface area (Å²) in [4.78, 5) is 18.0. The third-order valence-electron chi connectivity index (χ3n) is 4.04. The van der Waals surface area contributed by atoms with Gasteiger partial charge < -0.3 is 9.84 Å². The molecule has 0 amide bonds. The van der Waals surface area contributed by atoms with Gasteiger partial charge in [0.05, 0.1) is 12.8 Å². The molecule has 1 aliphatic rings. The number of benzene rings is 2. The molecule has 3 rings (SSSR count). The van der Waals surface area contributed by atoms with Gasteiger partial charge in [-0.15, -0.1) is 0 Å². The number of rotatable bonds is 3. The Morgan fingerprint density at radius 1 is 1.13 bits per heavy atom. The SMILES string of the molecule is COC(=O)C1C(c2ccccc2)N(c2ccccc2)OC1(C)O. The highest BCUT2D eigenvalue weighted by Gasteiger charge is 2.56. The molecule has 5 nitrogen and oxygen atoms in total. The fraction of sp³-hybridized carbons (Fsp3) is 0.278. The second kappa shape index (κ2) is 6.02. The molecule has 0 radical (unpaired) electrons. The Balaban J connectivity index is 2.10. The van der Waals surface area contributed by atoms with Crippen molar-refractivity contribution < 1.29 is 19.5 Å². The van der Waals surface area contributed by atoms with E-state index >= 15 is 0 Å². The summed E-state index contributed by atoms with van der Waals surface area (Å²) in [5.41, 5.74) is 1.62. The first-order chi connectivity index (χ1) is 11.0. The fourth-order valence-corrected chi connectivity index (χ4v) is 2.98. The first-order valence-corrected chi connectivity index (χ1v) is 7.43. The van der Waals surface area contributed by atoms with Gasteiger partial charge in [-0.1, -0.05) is 48.5 Å². The molecule has 1 saturated heterocycles. The van der Waals surface area contributed by atoms with Crippen molar-refractivity contribution in [1.29, 1.82) is 0 Å².